The number of urea groups is 1. The maximum absolute atomic E-state index is 12.2. The maximum atomic E-state index is 12.2. The molecule has 0 aliphatic carbocycles. The van der Waals surface area contributed by atoms with E-state index in [2.05, 4.69) is 5.32 Å². The van der Waals surface area contributed by atoms with E-state index in [1.54, 1.807) is 18.2 Å². The molecule has 0 spiro atoms. The number of imide groups is 1. The topological polar surface area (TPSA) is 49.4 Å². The van der Waals surface area contributed by atoms with Crippen molar-refractivity contribution in [3.63, 3.8) is 0 Å². The molecule has 0 bridgehead atoms. The van der Waals surface area contributed by atoms with Gasteiger partial charge in [-0.2, -0.15) is 0 Å². The van der Waals surface area contributed by atoms with Crippen LogP contribution in [0.4, 0.5) is 10.5 Å². The van der Waals surface area contributed by atoms with Crippen molar-refractivity contribution in [3.8, 4) is 0 Å². The predicted octanol–water partition coefficient (Wildman–Crippen LogP) is 2.73. The van der Waals surface area contributed by atoms with Gasteiger partial charge < -0.3 is 5.32 Å². The van der Waals surface area contributed by atoms with E-state index in [-0.39, 0.29) is 11.8 Å². The first-order chi connectivity index (χ1) is 8.41. The molecule has 5 heteroatoms. The number of hydrogen-bond donors (Lipinski definition) is 1. The zero-order valence-electron chi connectivity index (χ0n) is 10.5. The number of hydrogen-bond acceptors (Lipinski definition) is 2. The van der Waals surface area contributed by atoms with Gasteiger partial charge in [-0.1, -0.05) is 31.5 Å². The molecule has 4 nitrogen and oxygen atoms in total. The minimum atomic E-state index is -0.461. The van der Waals surface area contributed by atoms with Crippen LogP contribution in [0.5, 0.6) is 0 Å². The molecule has 1 aromatic carbocycles. The van der Waals surface area contributed by atoms with Crippen LogP contribution in [0.2, 0.25) is 5.02 Å². The van der Waals surface area contributed by atoms with Crippen LogP contribution in [0.15, 0.2) is 18.2 Å². The third-order valence-corrected chi connectivity index (χ3v) is 3.46. The fourth-order valence-electron chi connectivity index (χ4n) is 1.92. The van der Waals surface area contributed by atoms with Crippen molar-refractivity contribution in [1.29, 1.82) is 0 Å². The number of benzene rings is 1. The number of anilines is 1. The van der Waals surface area contributed by atoms with Crippen LogP contribution >= 0.6 is 11.6 Å². The van der Waals surface area contributed by atoms with Gasteiger partial charge in [0.15, 0.2) is 0 Å². The number of amides is 3. The van der Waals surface area contributed by atoms with Gasteiger partial charge in [0.25, 0.3) is 5.91 Å². The standard InChI is InChI=1S/C13H15ClN2O2/c1-7(2)11-12(17)16(13(18)15-11)9-5-4-8(3)10(14)6-9/h4-7,11H,1-3H3,(H,15,18)/t11-/m0/s1. The lowest BCUT2D eigenvalue weighted by Gasteiger charge is -2.15. The van der Waals surface area contributed by atoms with Gasteiger partial charge in [-0.05, 0) is 30.5 Å². The third-order valence-electron chi connectivity index (χ3n) is 3.05. The van der Waals surface area contributed by atoms with E-state index >= 15 is 0 Å². The smallest absolute Gasteiger partial charge is 0.325 e. The molecule has 1 fully saturated rings. The summed E-state index contributed by atoms with van der Waals surface area (Å²) in [4.78, 5) is 25.1. The average molecular weight is 267 g/mol. The Morgan fingerprint density at radius 2 is 2.00 bits per heavy atom. The second kappa shape index (κ2) is 4.61. The molecule has 2 rings (SSSR count). The van der Waals surface area contributed by atoms with Crippen molar-refractivity contribution >= 4 is 29.2 Å². The van der Waals surface area contributed by atoms with Crippen LogP contribution in [0.25, 0.3) is 0 Å². The molecular weight excluding hydrogens is 252 g/mol. The van der Waals surface area contributed by atoms with E-state index in [0.29, 0.717) is 10.7 Å². The molecule has 1 atom stereocenters. The monoisotopic (exact) mass is 266 g/mol. The van der Waals surface area contributed by atoms with Crippen LogP contribution in [0.1, 0.15) is 19.4 Å². The highest BCUT2D eigenvalue weighted by molar-refractivity contribution is 6.32. The van der Waals surface area contributed by atoms with Crippen molar-refractivity contribution in [2.75, 3.05) is 4.90 Å². The lowest BCUT2D eigenvalue weighted by Crippen LogP contribution is -2.34. The van der Waals surface area contributed by atoms with Crippen LogP contribution in [-0.2, 0) is 4.79 Å². The largest absolute Gasteiger partial charge is 0.329 e. The van der Waals surface area contributed by atoms with Crippen LogP contribution < -0.4 is 10.2 Å². The number of nitrogens with zero attached hydrogens (tertiary/aromatic N) is 1. The Morgan fingerprint density at radius 1 is 1.33 bits per heavy atom. The van der Waals surface area contributed by atoms with Gasteiger partial charge >= 0.3 is 6.03 Å². The quantitative estimate of drug-likeness (QED) is 0.837. The van der Waals surface area contributed by atoms with E-state index in [0.717, 1.165) is 10.5 Å². The lowest BCUT2D eigenvalue weighted by atomic mass is 10.0. The third kappa shape index (κ3) is 2.08. The van der Waals surface area contributed by atoms with Crippen molar-refractivity contribution in [3.05, 3.63) is 28.8 Å². The highest BCUT2D eigenvalue weighted by Gasteiger charge is 2.40. The zero-order valence-corrected chi connectivity index (χ0v) is 11.3. The molecule has 0 unspecified atom stereocenters. The number of aryl methyl sites for hydroxylation is 1. The van der Waals surface area contributed by atoms with Gasteiger partial charge in [-0.15, -0.1) is 0 Å². The Morgan fingerprint density at radius 3 is 2.50 bits per heavy atom. The molecule has 1 aliphatic rings. The van der Waals surface area contributed by atoms with Crippen molar-refractivity contribution in [1.82, 2.24) is 5.32 Å². The van der Waals surface area contributed by atoms with Crippen LogP contribution in [0.3, 0.4) is 0 Å². The molecule has 1 saturated heterocycles. The lowest BCUT2D eigenvalue weighted by molar-refractivity contribution is -0.119. The number of carbonyl (C=O) groups excluding carboxylic acids is 2. The minimum absolute atomic E-state index is 0.0624. The first kappa shape index (κ1) is 12.9. The van der Waals surface area contributed by atoms with Gasteiger partial charge in [0.1, 0.15) is 6.04 Å². The van der Waals surface area contributed by atoms with Crippen molar-refractivity contribution < 1.29 is 9.59 Å². The zero-order chi connectivity index (χ0) is 13.4. The predicted molar refractivity (Wildman–Crippen MR) is 70.8 cm³/mol. The first-order valence-corrected chi connectivity index (χ1v) is 6.20. The Balaban J connectivity index is 2.36. The van der Waals surface area contributed by atoms with Crippen LogP contribution in [0, 0.1) is 12.8 Å². The van der Waals surface area contributed by atoms with Crippen LogP contribution in [-0.4, -0.2) is 18.0 Å². The molecular formula is C13H15ClN2O2. The maximum Gasteiger partial charge on any atom is 0.329 e. The highest BCUT2D eigenvalue weighted by Crippen LogP contribution is 2.26. The summed E-state index contributed by atoms with van der Waals surface area (Å²) < 4.78 is 0. The fraction of sp³-hybridized carbons (Fsp3) is 0.385. The minimum Gasteiger partial charge on any atom is -0.325 e. The number of carbonyl (C=O) groups is 2. The first-order valence-electron chi connectivity index (χ1n) is 5.82. The second-order valence-corrected chi connectivity index (χ2v) is 5.19. The molecule has 0 aromatic heterocycles. The molecule has 18 heavy (non-hydrogen) atoms. The molecule has 1 N–H and O–H groups in total. The molecule has 0 radical (unpaired) electrons. The molecule has 0 saturated carbocycles. The summed E-state index contributed by atoms with van der Waals surface area (Å²) in [6.45, 7) is 5.66. The SMILES string of the molecule is Cc1ccc(N2C(=O)N[C@@H](C(C)C)C2=O)cc1Cl. The Kier molecular flexibility index (Phi) is 3.30. The normalized spacial score (nSPS) is 19.6. The van der Waals surface area contributed by atoms with Gasteiger partial charge in [0.2, 0.25) is 0 Å². The summed E-state index contributed by atoms with van der Waals surface area (Å²) in [6, 6.07) is 4.30. The van der Waals surface area contributed by atoms with Crippen molar-refractivity contribution in [2.24, 2.45) is 5.92 Å². The van der Waals surface area contributed by atoms with Gasteiger partial charge in [0, 0.05) is 5.02 Å². The number of nitrogens with one attached hydrogen (secondary N) is 1. The second-order valence-electron chi connectivity index (χ2n) is 4.78. The molecule has 3 amide bonds. The van der Waals surface area contributed by atoms with E-state index in [1.807, 2.05) is 20.8 Å². The molecule has 1 aromatic rings. The van der Waals surface area contributed by atoms with E-state index in [4.69, 9.17) is 11.6 Å². The molecule has 1 aliphatic heterocycles. The Bertz CT molecular complexity index is 514. The van der Waals surface area contributed by atoms with Gasteiger partial charge in [0.05, 0.1) is 5.69 Å². The van der Waals surface area contributed by atoms with Gasteiger partial charge in [-0.3, -0.25) is 4.79 Å². The highest BCUT2D eigenvalue weighted by atomic mass is 35.5. The summed E-state index contributed by atoms with van der Waals surface area (Å²) >= 11 is 6.02. The summed E-state index contributed by atoms with van der Waals surface area (Å²) in [5.41, 5.74) is 1.42. The van der Waals surface area contributed by atoms with E-state index < -0.39 is 12.1 Å². The summed E-state index contributed by atoms with van der Waals surface area (Å²) in [5, 5.41) is 3.22. The summed E-state index contributed by atoms with van der Waals surface area (Å²) in [5.74, 6) is -0.165. The fourth-order valence-corrected chi connectivity index (χ4v) is 2.09. The van der Waals surface area contributed by atoms with Crippen molar-refractivity contribution in [2.45, 2.75) is 26.8 Å². The number of halogens is 1. The Hall–Kier alpha value is -1.55. The molecule has 96 valence electrons. The molecule has 1 heterocycles. The number of rotatable bonds is 2. The summed E-state index contributed by atoms with van der Waals surface area (Å²) in [6.07, 6.45) is 0. The summed E-state index contributed by atoms with van der Waals surface area (Å²) in [7, 11) is 0. The Labute approximate surface area is 111 Å². The van der Waals surface area contributed by atoms with E-state index in [9.17, 15) is 9.59 Å². The van der Waals surface area contributed by atoms with Gasteiger partial charge in [-0.25, -0.2) is 9.69 Å². The van der Waals surface area contributed by atoms with E-state index in [1.165, 1.54) is 0 Å². The average Bonchev–Trinajstić information content (AvgIpc) is 2.59.